The maximum atomic E-state index is 5.90. The molecule has 0 radical (unpaired) electrons. The average molecular weight is 181 g/mol. The smallest absolute Gasteiger partial charge is 0.0965 e. The van der Waals surface area contributed by atoms with Crippen LogP contribution in [0, 0.1) is 0 Å². The van der Waals surface area contributed by atoms with Gasteiger partial charge >= 0.3 is 0 Å². The lowest BCUT2D eigenvalue weighted by molar-refractivity contribution is 0.157. The van der Waals surface area contributed by atoms with Crippen LogP contribution in [-0.4, -0.2) is 30.3 Å². The summed E-state index contributed by atoms with van der Waals surface area (Å²) in [6.45, 7) is 1.58. The van der Waals surface area contributed by atoms with Crippen molar-refractivity contribution in [3.8, 4) is 0 Å². The molecule has 1 saturated heterocycles. The van der Waals surface area contributed by atoms with Crippen molar-refractivity contribution in [3.05, 3.63) is 24.0 Å². The van der Waals surface area contributed by atoms with Gasteiger partial charge in [0.25, 0.3) is 0 Å². The predicted octanol–water partition coefficient (Wildman–Crippen LogP) is -0.268. The van der Waals surface area contributed by atoms with Crippen LogP contribution in [0.2, 0.25) is 0 Å². The first-order valence-corrected chi connectivity index (χ1v) is 4.53. The normalized spacial score (nSPS) is 33.6. The molecule has 4 heteroatoms. The zero-order valence-electron chi connectivity index (χ0n) is 7.52. The minimum atomic E-state index is -0.0565. The third-order valence-corrected chi connectivity index (χ3v) is 2.46. The number of nitrogens with two attached hydrogens (primary N) is 2. The Morgan fingerprint density at radius 3 is 3.08 bits per heavy atom. The quantitative estimate of drug-likeness (QED) is 0.584. The van der Waals surface area contributed by atoms with E-state index in [2.05, 4.69) is 4.90 Å². The summed E-state index contributed by atoms with van der Waals surface area (Å²) in [4.78, 5) is 2.07. The molecule has 2 unspecified atom stereocenters. The van der Waals surface area contributed by atoms with Crippen molar-refractivity contribution in [1.82, 2.24) is 4.90 Å². The standard InChI is InChI=1S/C9H15N3O/c10-7-1-2-9(11)12(5-7)8-3-4-13-6-8/h1-2,5,8-9H,3-4,6,10-11H2. The zero-order valence-corrected chi connectivity index (χ0v) is 7.52. The van der Waals surface area contributed by atoms with E-state index in [-0.39, 0.29) is 6.17 Å². The van der Waals surface area contributed by atoms with Gasteiger partial charge in [0.2, 0.25) is 0 Å². The van der Waals surface area contributed by atoms with Crippen molar-refractivity contribution in [1.29, 1.82) is 0 Å². The van der Waals surface area contributed by atoms with E-state index in [1.54, 1.807) is 0 Å². The Balaban J connectivity index is 2.08. The third kappa shape index (κ3) is 1.68. The molecule has 1 fully saturated rings. The number of rotatable bonds is 1. The van der Waals surface area contributed by atoms with Gasteiger partial charge in [-0.3, -0.25) is 0 Å². The molecule has 4 nitrogen and oxygen atoms in total. The van der Waals surface area contributed by atoms with Gasteiger partial charge in [-0.05, 0) is 18.6 Å². The van der Waals surface area contributed by atoms with Gasteiger partial charge in [-0.25, -0.2) is 0 Å². The number of ether oxygens (including phenoxy) is 1. The van der Waals surface area contributed by atoms with Gasteiger partial charge in [0.05, 0.1) is 18.8 Å². The lowest BCUT2D eigenvalue weighted by Gasteiger charge is -2.33. The van der Waals surface area contributed by atoms with Crippen LogP contribution >= 0.6 is 0 Å². The largest absolute Gasteiger partial charge is 0.398 e. The number of hydrogen-bond donors (Lipinski definition) is 2. The van der Waals surface area contributed by atoms with E-state index in [4.69, 9.17) is 16.2 Å². The lowest BCUT2D eigenvalue weighted by Crippen LogP contribution is -2.45. The molecule has 2 rings (SSSR count). The Morgan fingerprint density at radius 2 is 2.38 bits per heavy atom. The van der Waals surface area contributed by atoms with Gasteiger partial charge in [-0.1, -0.05) is 0 Å². The summed E-state index contributed by atoms with van der Waals surface area (Å²) in [6, 6.07) is 0.387. The van der Waals surface area contributed by atoms with Gasteiger partial charge in [-0.15, -0.1) is 0 Å². The zero-order chi connectivity index (χ0) is 9.26. The second-order valence-corrected chi connectivity index (χ2v) is 3.44. The van der Waals surface area contributed by atoms with Gasteiger partial charge in [0.1, 0.15) is 0 Å². The molecule has 0 bridgehead atoms. The monoisotopic (exact) mass is 181 g/mol. The van der Waals surface area contributed by atoms with Gasteiger partial charge < -0.3 is 21.1 Å². The second-order valence-electron chi connectivity index (χ2n) is 3.44. The summed E-state index contributed by atoms with van der Waals surface area (Å²) in [6.07, 6.45) is 6.64. The summed E-state index contributed by atoms with van der Waals surface area (Å²) in [7, 11) is 0. The topological polar surface area (TPSA) is 64.5 Å². The molecule has 72 valence electrons. The summed E-state index contributed by atoms with van der Waals surface area (Å²) >= 11 is 0. The van der Waals surface area contributed by atoms with Crippen LogP contribution in [0.4, 0.5) is 0 Å². The molecule has 2 heterocycles. The second kappa shape index (κ2) is 3.40. The molecule has 0 saturated carbocycles. The number of allylic oxidation sites excluding steroid dienone is 1. The maximum Gasteiger partial charge on any atom is 0.0965 e. The molecule has 0 aromatic carbocycles. The number of hydrogen-bond acceptors (Lipinski definition) is 4. The molecule has 0 aliphatic carbocycles. The third-order valence-electron chi connectivity index (χ3n) is 2.46. The highest BCUT2D eigenvalue weighted by molar-refractivity contribution is 5.21. The van der Waals surface area contributed by atoms with Crippen LogP contribution < -0.4 is 11.5 Å². The molecule has 0 amide bonds. The predicted molar refractivity (Wildman–Crippen MR) is 50.4 cm³/mol. The van der Waals surface area contributed by atoms with Crippen molar-refractivity contribution in [2.45, 2.75) is 18.6 Å². The molecule has 0 aromatic rings. The molecule has 13 heavy (non-hydrogen) atoms. The van der Waals surface area contributed by atoms with Gasteiger partial charge in [0.15, 0.2) is 0 Å². The van der Waals surface area contributed by atoms with E-state index < -0.39 is 0 Å². The molecule has 2 aliphatic heterocycles. The molecular formula is C9H15N3O. The first-order chi connectivity index (χ1) is 6.27. The first kappa shape index (κ1) is 8.59. The fourth-order valence-electron chi connectivity index (χ4n) is 1.72. The Bertz CT molecular complexity index is 243. The highest BCUT2D eigenvalue weighted by Crippen LogP contribution is 2.17. The minimum absolute atomic E-state index is 0.0565. The van der Waals surface area contributed by atoms with Gasteiger partial charge in [0, 0.05) is 18.5 Å². The molecule has 4 N–H and O–H groups in total. The van der Waals surface area contributed by atoms with Gasteiger partial charge in [-0.2, -0.15) is 0 Å². The van der Waals surface area contributed by atoms with Crippen molar-refractivity contribution in [2.75, 3.05) is 13.2 Å². The molecule has 0 aromatic heterocycles. The van der Waals surface area contributed by atoms with Crippen LogP contribution in [0.15, 0.2) is 24.0 Å². The lowest BCUT2D eigenvalue weighted by atomic mass is 10.1. The van der Waals surface area contributed by atoms with Crippen LogP contribution in [0.25, 0.3) is 0 Å². The van der Waals surface area contributed by atoms with E-state index in [0.717, 1.165) is 25.3 Å². The number of nitrogens with zero attached hydrogens (tertiary/aromatic N) is 1. The van der Waals surface area contributed by atoms with E-state index in [9.17, 15) is 0 Å². The van der Waals surface area contributed by atoms with Crippen LogP contribution in [-0.2, 0) is 4.74 Å². The van der Waals surface area contributed by atoms with Crippen LogP contribution in [0.3, 0.4) is 0 Å². The summed E-state index contributed by atoms with van der Waals surface area (Å²) in [5.41, 5.74) is 12.4. The van der Waals surface area contributed by atoms with Crippen molar-refractivity contribution in [3.63, 3.8) is 0 Å². The Morgan fingerprint density at radius 1 is 1.54 bits per heavy atom. The van der Waals surface area contributed by atoms with E-state index >= 15 is 0 Å². The highest BCUT2D eigenvalue weighted by Gasteiger charge is 2.25. The van der Waals surface area contributed by atoms with E-state index in [1.165, 1.54) is 0 Å². The van der Waals surface area contributed by atoms with Crippen LogP contribution in [0.1, 0.15) is 6.42 Å². The van der Waals surface area contributed by atoms with E-state index in [1.807, 2.05) is 18.4 Å². The van der Waals surface area contributed by atoms with E-state index in [0.29, 0.717) is 6.04 Å². The van der Waals surface area contributed by atoms with Crippen LogP contribution in [0.5, 0.6) is 0 Å². The molecular weight excluding hydrogens is 166 g/mol. The summed E-state index contributed by atoms with van der Waals surface area (Å²) < 4.78 is 5.30. The fraction of sp³-hybridized carbons (Fsp3) is 0.556. The summed E-state index contributed by atoms with van der Waals surface area (Å²) in [5, 5.41) is 0. The highest BCUT2D eigenvalue weighted by atomic mass is 16.5. The SMILES string of the molecule is NC1=CN(C2CCOC2)C(N)C=C1. The fourth-order valence-corrected chi connectivity index (χ4v) is 1.72. The van der Waals surface area contributed by atoms with Crippen molar-refractivity contribution < 1.29 is 4.74 Å². The molecule has 2 aliphatic rings. The average Bonchev–Trinajstić information content (AvgIpc) is 2.61. The summed E-state index contributed by atoms with van der Waals surface area (Å²) in [5.74, 6) is 0. The Kier molecular flexibility index (Phi) is 2.24. The Labute approximate surface area is 77.8 Å². The van der Waals surface area contributed by atoms with Crippen molar-refractivity contribution in [2.24, 2.45) is 11.5 Å². The minimum Gasteiger partial charge on any atom is -0.398 e. The van der Waals surface area contributed by atoms with Crippen molar-refractivity contribution >= 4 is 0 Å². The molecule has 0 spiro atoms. The maximum absolute atomic E-state index is 5.90. The first-order valence-electron chi connectivity index (χ1n) is 4.53. The molecule has 2 atom stereocenters. The Hall–Kier alpha value is -1.00.